The minimum atomic E-state index is 0.0642. The summed E-state index contributed by atoms with van der Waals surface area (Å²) in [6.07, 6.45) is 0.602. The molecule has 0 bridgehead atoms. The Morgan fingerprint density at radius 3 is 2.29 bits per heavy atom. The molecule has 0 saturated heterocycles. The second-order valence-corrected chi connectivity index (χ2v) is 5.15. The first-order valence-corrected chi connectivity index (χ1v) is 4.99. The Hall–Kier alpha value is -1.05. The maximum absolute atomic E-state index is 11.9. The second-order valence-electron chi connectivity index (χ2n) is 5.15. The van der Waals surface area contributed by atoms with Crippen LogP contribution in [0.1, 0.15) is 48.9 Å². The van der Waals surface area contributed by atoms with Gasteiger partial charge in [0.2, 0.25) is 0 Å². The van der Waals surface area contributed by atoms with Crippen LogP contribution in [0.5, 0.6) is 0 Å². The highest BCUT2D eigenvalue weighted by Gasteiger charge is 2.19. The van der Waals surface area contributed by atoms with Crippen molar-refractivity contribution in [2.45, 2.75) is 41.0 Å². The van der Waals surface area contributed by atoms with Crippen molar-refractivity contribution in [1.82, 2.24) is 4.98 Å². The molecule has 0 aliphatic carbocycles. The quantitative estimate of drug-likeness (QED) is 0.718. The molecule has 0 spiro atoms. The van der Waals surface area contributed by atoms with E-state index in [2.05, 4.69) is 25.8 Å². The summed E-state index contributed by atoms with van der Waals surface area (Å²) in [6.45, 7) is 10.2. The Bertz CT molecular complexity index is 342. The van der Waals surface area contributed by atoms with Crippen LogP contribution >= 0.6 is 0 Å². The van der Waals surface area contributed by atoms with Gasteiger partial charge in [-0.25, -0.2) is 0 Å². The lowest BCUT2D eigenvalue weighted by molar-refractivity contribution is 0.0939. The van der Waals surface area contributed by atoms with E-state index in [0.29, 0.717) is 6.42 Å². The Morgan fingerprint density at radius 1 is 1.36 bits per heavy atom. The first-order chi connectivity index (χ1) is 6.29. The third-order valence-electron chi connectivity index (χ3n) is 2.14. The largest absolute Gasteiger partial charge is 0.362 e. The number of Topliss-reactive ketones (excluding diaryl/α,β-unsaturated/α-hetero) is 1. The van der Waals surface area contributed by atoms with Crippen LogP contribution in [0.25, 0.3) is 0 Å². The highest BCUT2D eigenvalue weighted by Crippen LogP contribution is 2.23. The number of ketones is 1. The molecule has 1 aromatic rings. The van der Waals surface area contributed by atoms with Gasteiger partial charge in [-0.15, -0.1) is 0 Å². The molecule has 0 aliphatic heterocycles. The molecule has 2 nitrogen and oxygen atoms in total. The summed E-state index contributed by atoms with van der Waals surface area (Å²) < 4.78 is 0. The van der Waals surface area contributed by atoms with Gasteiger partial charge in [0.05, 0.1) is 0 Å². The molecule has 0 aromatic carbocycles. The first-order valence-electron chi connectivity index (χ1n) is 4.99. The fourth-order valence-electron chi connectivity index (χ4n) is 1.59. The average Bonchev–Trinajstić information content (AvgIpc) is 2.26. The van der Waals surface area contributed by atoms with Gasteiger partial charge in [-0.1, -0.05) is 20.8 Å². The van der Waals surface area contributed by atoms with Gasteiger partial charge in [-0.2, -0.15) is 0 Å². The van der Waals surface area contributed by atoms with E-state index in [1.54, 1.807) is 0 Å². The molecule has 0 unspecified atom stereocenters. The first kappa shape index (κ1) is 11.0. The monoisotopic (exact) mass is 193 g/mol. The zero-order chi connectivity index (χ0) is 10.9. The van der Waals surface area contributed by atoms with Crippen LogP contribution in [0.3, 0.4) is 0 Å². The minimum absolute atomic E-state index is 0.0642. The molecule has 1 heterocycles. The van der Waals surface area contributed by atoms with Crippen molar-refractivity contribution >= 4 is 5.78 Å². The highest BCUT2D eigenvalue weighted by molar-refractivity contribution is 5.97. The second kappa shape index (κ2) is 3.60. The predicted molar refractivity (Wildman–Crippen MR) is 58.7 cm³/mol. The summed E-state index contributed by atoms with van der Waals surface area (Å²) in [5.74, 6) is 0.236. The maximum Gasteiger partial charge on any atom is 0.165 e. The van der Waals surface area contributed by atoms with Crippen molar-refractivity contribution < 1.29 is 4.79 Å². The number of carbonyl (C=O) groups is 1. The molecule has 1 N–H and O–H groups in total. The lowest BCUT2D eigenvalue weighted by Gasteiger charge is -2.16. The van der Waals surface area contributed by atoms with Gasteiger partial charge in [0.15, 0.2) is 5.78 Å². The summed E-state index contributed by atoms with van der Waals surface area (Å²) in [6, 6.07) is 1.93. The molecule has 2 heteroatoms. The minimum Gasteiger partial charge on any atom is -0.362 e. The molecular weight excluding hydrogens is 174 g/mol. The van der Waals surface area contributed by atoms with Crippen molar-refractivity contribution in [2.75, 3.05) is 0 Å². The van der Waals surface area contributed by atoms with Crippen LogP contribution in [0, 0.1) is 19.3 Å². The van der Waals surface area contributed by atoms with Gasteiger partial charge in [0, 0.05) is 23.4 Å². The summed E-state index contributed by atoms with van der Waals surface area (Å²) in [5, 5.41) is 0. The van der Waals surface area contributed by atoms with E-state index in [0.717, 1.165) is 17.0 Å². The van der Waals surface area contributed by atoms with Gasteiger partial charge in [0.1, 0.15) is 0 Å². The van der Waals surface area contributed by atoms with Crippen LogP contribution in [0.2, 0.25) is 0 Å². The normalized spacial score (nSPS) is 11.8. The lowest BCUT2D eigenvalue weighted by Crippen LogP contribution is -2.13. The van der Waals surface area contributed by atoms with Crippen molar-refractivity contribution in [3.05, 3.63) is 23.0 Å². The topological polar surface area (TPSA) is 32.9 Å². The summed E-state index contributed by atoms with van der Waals surface area (Å²) >= 11 is 0. The number of hydrogen-bond donors (Lipinski definition) is 1. The number of H-pyrrole nitrogens is 1. The van der Waals surface area contributed by atoms with Crippen molar-refractivity contribution in [3.8, 4) is 0 Å². The molecule has 0 aliphatic rings. The third-order valence-corrected chi connectivity index (χ3v) is 2.14. The van der Waals surface area contributed by atoms with E-state index in [4.69, 9.17) is 0 Å². The predicted octanol–water partition coefficient (Wildman–Crippen LogP) is 3.25. The maximum atomic E-state index is 11.9. The van der Waals surface area contributed by atoms with E-state index in [1.165, 1.54) is 0 Å². The molecule has 78 valence electrons. The molecule has 0 radical (unpaired) electrons. The average molecular weight is 193 g/mol. The number of rotatable bonds is 2. The molecule has 1 aromatic heterocycles. The number of aromatic nitrogens is 1. The smallest absolute Gasteiger partial charge is 0.165 e. The fraction of sp³-hybridized carbons (Fsp3) is 0.583. The van der Waals surface area contributed by atoms with E-state index in [9.17, 15) is 4.79 Å². The van der Waals surface area contributed by atoms with E-state index in [-0.39, 0.29) is 11.2 Å². The van der Waals surface area contributed by atoms with Crippen molar-refractivity contribution in [2.24, 2.45) is 5.41 Å². The third kappa shape index (κ3) is 2.72. The van der Waals surface area contributed by atoms with Crippen molar-refractivity contribution in [3.63, 3.8) is 0 Å². The molecule has 0 fully saturated rings. The van der Waals surface area contributed by atoms with E-state index >= 15 is 0 Å². The number of hydrogen-bond acceptors (Lipinski definition) is 1. The zero-order valence-corrected chi connectivity index (χ0v) is 9.69. The van der Waals surface area contributed by atoms with Gasteiger partial charge < -0.3 is 4.98 Å². The van der Waals surface area contributed by atoms with Crippen LogP contribution in [0.4, 0.5) is 0 Å². The van der Waals surface area contributed by atoms with Gasteiger partial charge >= 0.3 is 0 Å². The van der Waals surface area contributed by atoms with Crippen LogP contribution < -0.4 is 0 Å². The SMILES string of the molecule is Cc1cc(C(=O)CC(C)(C)C)c(C)[nH]1. The molecule has 1 rings (SSSR count). The molecule has 0 amide bonds. The summed E-state index contributed by atoms with van der Waals surface area (Å²) in [7, 11) is 0. The zero-order valence-electron chi connectivity index (χ0n) is 9.69. The standard InChI is InChI=1S/C12H19NO/c1-8-6-10(9(2)13-8)11(14)7-12(3,4)5/h6,13H,7H2,1-5H3. The number of aromatic amines is 1. The van der Waals surface area contributed by atoms with Crippen molar-refractivity contribution in [1.29, 1.82) is 0 Å². The van der Waals surface area contributed by atoms with Gasteiger partial charge in [-0.3, -0.25) is 4.79 Å². The van der Waals surface area contributed by atoms with E-state index in [1.807, 2.05) is 19.9 Å². The Labute approximate surface area is 85.7 Å². The molecule has 0 atom stereocenters. The van der Waals surface area contributed by atoms with Gasteiger partial charge in [-0.05, 0) is 25.3 Å². The Morgan fingerprint density at radius 2 is 1.93 bits per heavy atom. The highest BCUT2D eigenvalue weighted by atomic mass is 16.1. The number of aryl methyl sites for hydroxylation is 2. The molecular formula is C12H19NO. The van der Waals surface area contributed by atoms with Crippen LogP contribution in [0.15, 0.2) is 6.07 Å². The lowest BCUT2D eigenvalue weighted by atomic mass is 9.88. The summed E-state index contributed by atoms with van der Waals surface area (Å²) in [5.41, 5.74) is 2.95. The Balaban J connectivity index is 2.85. The number of nitrogens with one attached hydrogen (secondary N) is 1. The van der Waals surface area contributed by atoms with Crippen LogP contribution in [-0.4, -0.2) is 10.8 Å². The Kier molecular flexibility index (Phi) is 2.84. The van der Waals surface area contributed by atoms with Crippen LogP contribution in [-0.2, 0) is 0 Å². The summed E-state index contributed by atoms with van der Waals surface area (Å²) in [4.78, 5) is 15.0. The number of carbonyl (C=O) groups excluding carboxylic acids is 1. The molecule has 0 saturated carbocycles. The molecule has 14 heavy (non-hydrogen) atoms. The fourth-order valence-corrected chi connectivity index (χ4v) is 1.59. The van der Waals surface area contributed by atoms with E-state index < -0.39 is 0 Å². The van der Waals surface area contributed by atoms with Gasteiger partial charge in [0.25, 0.3) is 0 Å².